The van der Waals surface area contributed by atoms with Crippen molar-refractivity contribution in [3.05, 3.63) is 48.4 Å². The van der Waals surface area contributed by atoms with Gasteiger partial charge in [0.15, 0.2) is 0 Å². The van der Waals surface area contributed by atoms with Crippen LogP contribution in [-0.2, 0) is 0 Å². The fraction of sp³-hybridized carbons (Fsp3) is 0.389. The first-order valence-corrected chi connectivity index (χ1v) is 8.31. The number of nitrogens with zero attached hydrogens (tertiary/aromatic N) is 5. The Hall–Kier alpha value is -2.47. The molecule has 0 aliphatic carbocycles. The second kappa shape index (κ2) is 7.40. The normalized spacial score (nSPS) is 15.3. The molecule has 1 saturated heterocycles. The van der Waals surface area contributed by atoms with Crippen LogP contribution in [0.4, 0.5) is 11.5 Å². The second-order valence-corrected chi connectivity index (χ2v) is 5.88. The topological polar surface area (TPSA) is 52.6 Å². The standard InChI is InChI=1S/C18H23N5O/c1-3-22-9-11-23(12-10-22)18(24)16-13-17(20-14-19-16)21(2)15-7-5-4-6-8-15/h4-8,13-14H,3,9-12H2,1-2H3. The summed E-state index contributed by atoms with van der Waals surface area (Å²) < 4.78 is 0. The molecule has 1 aromatic carbocycles. The lowest BCUT2D eigenvalue weighted by atomic mass is 10.2. The fourth-order valence-electron chi connectivity index (χ4n) is 2.86. The van der Waals surface area contributed by atoms with Gasteiger partial charge in [-0.05, 0) is 18.7 Å². The van der Waals surface area contributed by atoms with Crippen LogP contribution >= 0.6 is 0 Å². The molecule has 1 aliphatic heterocycles. The Balaban J connectivity index is 1.74. The van der Waals surface area contributed by atoms with Crippen molar-refractivity contribution in [2.75, 3.05) is 44.7 Å². The van der Waals surface area contributed by atoms with Gasteiger partial charge in [0, 0.05) is 45.0 Å². The molecule has 24 heavy (non-hydrogen) atoms. The number of anilines is 2. The molecule has 0 atom stereocenters. The van der Waals surface area contributed by atoms with E-state index in [-0.39, 0.29) is 5.91 Å². The maximum atomic E-state index is 12.7. The van der Waals surface area contributed by atoms with Crippen LogP contribution in [0.3, 0.4) is 0 Å². The molecule has 6 heteroatoms. The Morgan fingerprint density at radius 3 is 2.50 bits per heavy atom. The van der Waals surface area contributed by atoms with Crippen molar-refractivity contribution in [2.24, 2.45) is 0 Å². The minimum Gasteiger partial charge on any atom is -0.335 e. The molecule has 3 rings (SSSR count). The van der Waals surface area contributed by atoms with Crippen molar-refractivity contribution in [3.63, 3.8) is 0 Å². The quantitative estimate of drug-likeness (QED) is 0.861. The average Bonchev–Trinajstić information content (AvgIpc) is 2.67. The van der Waals surface area contributed by atoms with Crippen LogP contribution in [0.2, 0.25) is 0 Å². The number of hydrogen-bond acceptors (Lipinski definition) is 5. The van der Waals surface area contributed by atoms with Gasteiger partial charge >= 0.3 is 0 Å². The highest BCUT2D eigenvalue weighted by Gasteiger charge is 2.23. The van der Waals surface area contributed by atoms with E-state index in [9.17, 15) is 4.79 Å². The van der Waals surface area contributed by atoms with Crippen LogP contribution in [0.5, 0.6) is 0 Å². The maximum Gasteiger partial charge on any atom is 0.272 e. The molecule has 2 aromatic rings. The summed E-state index contributed by atoms with van der Waals surface area (Å²) in [5.74, 6) is 0.697. The van der Waals surface area contributed by atoms with Gasteiger partial charge in [0.1, 0.15) is 17.8 Å². The highest BCUT2D eigenvalue weighted by atomic mass is 16.2. The van der Waals surface area contributed by atoms with E-state index < -0.39 is 0 Å². The summed E-state index contributed by atoms with van der Waals surface area (Å²) in [7, 11) is 1.94. The van der Waals surface area contributed by atoms with Crippen LogP contribution in [0, 0.1) is 0 Å². The van der Waals surface area contributed by atoms with Gasteiger partial charge < -0.3 is 14.7 Å². The molecule has 126 valence electrons. The van der Waals surface area contributed by atoms with Gasteiger partial charge in [-0.3, -0.25) is 4.79 Å². The van der Waals surface area contributed by atoms with Gasteiger partial charge in [-0.25, -0.2) is 9.97 Å². The van der Waals surface area contributed by atoms with Gasteiger partial charge in [0.05, 0.1) is 0 Å². The number of carbonyl (C=O) groups excluding carboxylic acids is 1. The Morgan fingerprint density at radius 1 is 1.12 bits per heavy atom. The molecule has 0 spiro atoms. The fourth-order valence-corrected chi connectivity index (χ4v) is 2.86. The molecule has 0 radical (unpaired) electrons. The number of hydrogen-bond donors (Lipinski definition) is 0. The molecule has 1 aromatic heterocycles. The first kappa shape index (κ1) is 16.4. The van der Waals surface area contributed by atoms with Crippen LogP contribution in [0.25, 0.3) is 0 Å². The average molecular weight is 325 g/mol. The molecule has 1 aliphatic rings. The summed E-state index contributed by atoms with van der Waals surface area (Å²) >= 11 is 0. The highest BCUT2D eigenvalue weighted by molar-refractivity contribution is 5.93. The molecule has 0 bridgehead atoms. The van der Waals surface area contributed by atoms with E-state index in [1.54, 1.807) is 6.07 Å². The van der Waals surface area contributed by atoms with Crippen molar-refractivity contribution < 1.29 is 4.79 Å². The maximum absolute atomic E-state index is 12.7. The highest BCUT2D eigenvalue weighted by Crippen LogP contribution is 2.21. The number of carbonyl (C=O) groups is 1. The molecule has 0 N–H and O–H groups in total. The summed E-state index contributed by atoms with van der Waals surface area (Å²) in [6, 6.07) is 11.7. The van der Waals surface area contributed by atoms with Crippen LogP contribution < -0.4 is 4.90 Å². The van der Waals surface area contributed by atoms with E-state index >= 15 is 0 Å². The molecule has 2 heterocycles. The Morgan fingerprint density at radius 2 is 1.83 bits per heavy atom. The third-order valence-corrected chi connectivity index (χ3v) is 4.47. The van der Waals surface area contributed by atoms with Gasteiger partial charge in [-0.1, -0.05) is 25.1 Å². The van der Waals surface area contributed by atoms with E-state index in [0.29, 0.717) is 11.5 Å². The Bertz CT molecular complexity index is 683. The number of piperazine rings is 1. The smallest absolute Gasteiger partial charge is 0.272 e. The van der Waals surface area contributed by atoms with Gasteiger partial charge in [-0.15, -0.1) is 0 Å². The van der Waals surface area contributed by atoms with Crippen LogP contribution in [0.15, 0.2) is 42.7 Å². The summed E-state index contributed by atoms with van der Waals surface area (Å²) in [5, 5.41) is 0. The minimum atomic E-state index is -0.0177. The van der Waals surface area contributed by atoms with Crippen molar-refractivity contribution in [2.45, 2.75) is 6.92 Å². The summed E-state index contributed by atoms with van der Waals surface area (Å²) in [5.41, 5.74) is 1.47. The number of benzene rings is 1. The zero-order valence-corrected chi connectivity index (χ0v) is 14.2. The van der Waals surface area contributed by atoms with Gasteiger partial charge in [0.25, 0.3) is 5.91 Å². The van der Waals surface area contributed by atoms with E-state index in [4.69, 9.17) is 0 Å². The van der Waals surface area contributed by atoms with Crippen molar-refractivity contribution in [1.29, 1.82) is 0 Å². The lowest BCUT2D eigenvalue weighted by molar-refractivity contribution is 0.0637. The number of para-hydroxylation sites is 1. The van der Waals surface area contributed by atoms with Crippen LogP contribution in [0.1, 0.15) is 17.4 Å². The van der Waals surface area contributed by atoms with Crippen molar-refractivity contribution in [3.8, 4) is 0 Å². The molecular weight excluding hydrogens is 302 g/mol. The lowest BCUT2D eigenvalue weighted by Crippen LogP contribution is -2.48. The SMILES string of the molecule is CCN1CCN(C(=O)c2cc(N(C)c3ccccc3)ncn2)CC1. The number of aromatic nitrogens is 2. The van der Waals surface area contributed by atoms with E-state index in [0.717, 1.165) is 38.4 Å². The molecule has 1 fully saturated rings. The van der Waals surface area contributed by atoms with E-state index in [1.807, 2.05) is 47.2 Å². The lowest BCUT2D eigenvalue weighted by Gasteiger charge is -2.33. The largest absolute Gasteiger partial charge is 0.335 e. The first-order valence-electron chi connectivity index (χ1n) is 8.31. The third-order valence-electron chi connectivity index (χ3n) is 4.47. The summed E-state index contributed by atoms with van der Waals surface area (Å²) in [6.45, 7) is 6.52. The molecule has 6 nitrogen and oxygen atoms in total. The number of likely N-dealkylation sites (N-methyl/N-ethyl adjacent to an activating group) is 1. The van der Waals surface area contributed by atoms with E-state index in [2.05, 4.69) is 21.8 Å². The van der Waals surface area contributed by atoms with Crippen molar-refractivity contribution >= 4 is 17.4 Å². The molecule has 0 saturated carbocycles. The Kier molecular flexibility index (Phi) is 5.05. The zero-order valence-electron chi connectivity index (χ0n) is 14.2. The number of rotatable bonds is 4. The third kappa shape index (κ3) is 3.54. The number of amides is 1. The monoisotopic (exact) mass is 325 g/mol. The van der Waals surface area contributed by atoms with E-state index in [1.165, 1.54) is 6.33 Å². The molecule has 0 unspecified atom stereocenters. The molecule has 1 amide bonds. The van der Waals surface area contributed by atoms with Crippen molar-refractivity contribution in [1.82, 2.24) is 19.8 Å². The zero-order chi connectivity index (χ0) is 16.9. The van der Waals surface area contributed by atoms with Crippen LogP contribution in [-0.4, -0.2) is 65.4 Å². The first-order chi connectivity index (χ1) is 11.7. The van der Waals surface area contributed by atoms with Gasteiger partial charge in [-0.2, -0.15) is 0 Å². The minimum absolute atomic E-state index is 0.0177. The Labute approximate surface area is 142 Å². The predicted octanol–water partition coefficient (Wildman–Crippen LogP) is 2.02. The summed E-state index contributed by atoms with van der Waals surface area (Å²) in [4.78, 5) is 27.4. The second-order valence-electron chi connectivity index (χ2n) is 5.88. The predicted molar refractivity (Wildman–Crippen MR) is 94.6 cm³/mol. The van der Waals surface area contributed by atoms with Gasteiger partial charge in [0.2, 0.25) is 0 Å². The summed E-state index contributed by atoms with van der Waals surface area (Å²) in [6.07, 6.45) is 1.46. The molecular formula is C18H23N5O.